The maximum atomic E-state index is 12.4. The molecule has 1 aromatic carbocycles. The Morgan fingerprint density at radius 1 is 1.19 bits per heavy atom. The summed E-state index contributed by atoms with van der Waals surface area (Å²) in [6.45, 7) is 6.03. The van der Waals surface area contributed by atoms with Crippen LogP contribution in [-0.2, 0) is 9.53 Å². The number of carbonyl (C=O) groups is 2. The van der Waals surface area contributed by atoms with Gasteiger partial charge in [-0.1, -0.05) is 13.8 Å². The van der Waals surface area contributed by atoms with Crippen molar-refractivity contribution in [2.45, 2.75) is 26.8 Å². The first-order valence-electron chi connectivity index (χ1n) is 8.53. The molecule has 0 aliphatic carbocycles. The van der Waals surface area contributed by atoms with E-state index >= 15 is 0 Å². The number of nitrogens with zero attached hydrogens (tertiary/aromatic N) is 3. The highest BCUT2D eigenvalue weighted by molar-refractivity contribution is 5.95. The van der Waals surface area contributed by atoms with Gasteiger partial charge in [0, 0.05) is 7.11 Å². The molecule has 2 rings (SSSR count). The molecule has 1 aromatic heterocycles. The molecule has 0 saturated carbocycles. The quantitative estimate of drug-likeness (QED) is 0.636. The number of aromatic nitrogens is 3. The van der Waals surface area contributed by atoms with Crippen LogP contribution in [0.5, 0.6) is 5.75 Å². The Bertz CT molecular complexity index is 786. The van der Waals surface area contributed by atoms with Crippen molar-refractivity contribution >= 4 is 11.9 Å². The number of hydrogen-bond acceptors (Lipinski definition) is 6. The number of methoxy groups -OCH3 is 1. The summed E-state index contributed by atoms with van der Waals surface area (Å²) in [5, 5.41) is 20.1. The van der Waals surface area contributed by atoms with Crippen LogP contribution < -0.4 is 10.1 Å². The van der Waals surface area contributed by atoms with Crippen LogP contribution in [0.2, 0.25) is 0 Å². The van der Waals surface area contributed by atoms with E-state index in [0.29, 0.717) is 30.3 Å². The van der Waals surface area contributed by atoms with Gasteiger partial charge in [0.25, 0.3) is 5.91 Å². The van der Waals surface area contributed by atoms with E-state index in [1.807, 2.05) is 0 Å². The fourth-order valence-electron chi connectivity index (χ4n) is 2.35. The van der Waals surface area contributed by atoms with Crippen molar-refractivity contribution in [3.63, 3.8) is 0 Å². The molecular formula is C18H24N4O5. The lowest BCUT2D eigenvalue weighted by Gasteiger charge is -2.17. The number of carboxylic acids is 1. The molecule has 146 valence electrons. The molecule has 0 aliphatic rings. The molecule has 1 atom stereocenters. The number of benzene rings is 1. The normalized spacial score (nSPS) is 12.0. The molecule has 0 saturated heterocycles. The highest BCUT2D eigenvalue weighted by atomic mass is 16.5. The van der Waals surface area contributed by atoms with Crippen molar-refractivity contribution in [2.24, 2.45) is 5.92 Å². The van der Waals surface area contributed by atoms with Crippen molar-refractivity contribution in [1.82, 2.24) is 20.3 Å². The molecule has 0 bridgehead atoms. The molecule has 0 unspecified atom stereocenters. The van der Waals surface area contributed by atoms with Crippen molar-refractivity contribution < 1.29 is 24.2 Å². The van der Waals surface area contributed by atoms with Gasteiger partial charge in [-0.25, -0.2) is 4.79 Å². The van der Waals surface area contributed by atoms with Crippen LogP contribution in [0.3, 0.4) is 0 Å². The van der Waals surface area contributed by atoms with E-state index < -0.39 is 17.9 Å². The van der Waals surface area contributed by atoms with Crippen LogP contribution in [0.1, 0.15) is 30.0 Å². The van der Waals surface area contributed by atoms with E-state index in [2.05, 4.69) is 15.5 Å². The molecular weight excluding hydrogens is 352 g/mol. The fraction of sp³-hybridized carbons (Fsp3) is 0.444. The first-order chi connectivity index (χ1) is 12.8. The molecule has 9 heteroatoms. The summed E-state index contributed by atoms with van der Waals surface area (Å²) in [5.41, 5.74) is 1.14. The van der Waals surface area contributed by atoms with Gasteiger partial charge in [0.05, 0.1) is 18.0 Å². The Labute approximate surface area is 157 Å². The Kier molecular flexibility index (Phi) is 6.89. The summed E-state index contributed by atoms with van der Waals surface area (Å²) in [7, 11) is 1.60. The molecule has 2 N–H and O–H groups in total. The van der Waals surface area contributed by atoms with E-state index in [1.165, 1.54) is 4.80 Å². The Morgan fingerprint density at radius 3 is 2.41 bits per heavy atom. The third-order valence-electron chi connectivity index (χ3n) is 3.84. The number of amides is 1. The Hall–Kier alpha value is -2.94. The minimum atomic E-state index is -1.09. The highest BCUT2D eigenvalue weighted by Crippen LogP contribution is 2.15. The fourth-order valence-corrected chi connectivity index (χ4v) is 2.35. The predicted octanol–water partition coefficient (Wildman–Crippen LogP) is 1.44. The lowest BCUT2D eigenvalue weighted by molar-refractivity contribution is -0.140. The molecule has 0 radical (unpaired) electrons. The zero-order valence-electron chi connectivity index (χ0n) is 15.8. The van der Waals surface area contributed by atoms with Gasteiger partial charge in [0.1, 0.15) is 18.4 Å². The van der Waals surface area contributed by atoms with Crippen LogP contribution in [0.4, 0.5) is 0 Å². The van der Waals surface area contributed by atoms with Crippen LogP contribution in [-0.4, -0.2) is 58.3 Å². The van der Waals surface area contributed by atoms with E-state index in [0.717, 1.165) is 0 Å². The van der Waals surface area contributed by atoms with Gasteiger partial charge in [-0.3, -0.25) is 4.79 Å². The third kappa shape index (κ3) is 5.27. The number of nitrogens with one attached hydrogen (secondary N) is 1. The summed E-state index contributed by atoms with van der Waals surface area (Å²) >= 11 is 0. The molecule has 0 fully saturated rings. The number of carboxylic acid groups (broad SMARTS) is 1. The second-order valence-electron chi connectivity index (χ2n) is 6.29. The Morgan fingerprint density at radius 2 is 1.85 bits per heavy atom. The van der Waals surface area contributed by atoms with E-state index in [1.54, 1.807) is 52.1 Å². The zero-order valence-corrected chi connectivity index (χ0v) is 15.8. The summed E-state index contributed by atoms with van der Waals surface area (Å²) in [4.78, 5) is 25.0. The van der Waals surface area contributed by atoms with Gasteiger partial charge >= 0.3 is 5.97 Å². The standard InChI is InChI=1S/C18H24N4O5/c1-11(2)15(18(24)25)19-17(23)16-12(3)20-22(21-16)13-5-7-14(8-6-13)27-10-9-26-4/h5-8,11,15H,9-10H2,1-4H3,(H,19,23)(H,24,25)/t15-/m1/s1. The van der Waals surface area contributed by atoms with Gasteiger partial charge in [-0.15, -0.1) is 5.10 Å². The lowest BCUT2D eigenvalue weighted by Crippen LogP contribution is -2.44. The number of aliphatic carboxylic acids is 1. The largest absolute Gasteiger partial charge is 0.491 e. The van der Waals surface area contributed by atoms with Crippen LogP contribution in [0.25, 0.3) is 5.69 Å². The van der Waals surface area contributed by atoms with E-state index in [4.69, 9.17) is 9.47 Å². The maximum Gasteiger partial charge on any atom is 0.326 e. The van der Waals surface area contributed by atoms with Crippen molar-refractivity contribution in [1.29, 1.82) is 0 Å². The zero-order chi connectivity index (χ0) is 20.0. The molecule has 2 aromatic rings. The SMILES string of the molecule is COCCOc1ccc(-n2nc(C)c(C(=O)N[C@@H](C(=O)O)C(C)C)n2)cc1. The molecule has 1 amide bonds. The molecule has 0 spiro atoms. The van der Waals surface area contributed by atoms with E-state index in [-0.39, 0.29) is 11.6 Å². The van der Waals surface area contributed by atoms with Gasteiger partial charge in [-0.2, -0.15) is 9.90 Å². The summed E-state index contributed by atoms with van der Waals surface area (Å²) in [6.07, 6.45) is 0. The molecule has 0 aliphatic heterocycles. The monoisotopic (exact) mass is 376 g/mol. The maximum absolute atomic E-state index is 12.4. The first-order valence-corrected chi connectivity index (χ1v) is 8.53. The van der Waals surface area contributed by atoms with Gasteiger partial charge in [0.2, 0.25) is 0 Å². The van der Waals surface area contributed by atoms with Crippen LogP contribution in [0.15, 0.2) is 24.3 Å². The summed E-state index contributed by atoms with van der Waals surface area (Å²) in [5.74, 6) is -1.24. The lowest BCUT2D eigenvalue weighted by atomic mass is 10.0. The van der Waals surface area contributed by atoms with Crippen molar-refractivity contribution in [3.05, 3.63) is 35.7 Å². The average molecular weight is 376 g/mol. The van der Waals surface area contributed by atoms with Crippen molar-refractivity contribution in [2.75, 3.05) is 20.3 Å². The number of carbonyl (C=O) groups excluding carboxylic acids is 1. The summed E-state index contributed by atoms with van der Waals surface area (Å²) < 4.78 is 10.4. The van der Waals surface area contributed by atoms with Gasteiger partial charge in [-0.05, 0) is 37.1 Å². The van der Waals surface area contributed by atoms with Gasteiger partial charge in [0.15, 0.2) is 5.69 Å². The third-order valence-corrected chi connectivity index (χ3v) is 3.84. The summed E-state index contributed by atoms with van der Waals surface area (Å²) in [6, 6.07) is 6.06. The second kappa shape index (κ2) is 9.13. The average Bonchev–Trinajstić information content (AvgIpc) is 3.01. The topological polar surface area (TPSA) is 116 Å². The van der Waals surface area contributed by atoms with E-state index in [9.17, 15) is 14.7 Å². The second-order valence-corrected chi connectivity index (χ2v) is 6.29. The number of hydrogen-bond donors (Lipinski definition) is 2. The van der Waals surface area contributed by atoms with Crippen molar-refractivity contribution in [3.8, 4) is 11.4 Å². The minimum absolute atomic E-state index is 0.0855. The smallest absolute Gasteiger partial charge is 0.326 e. The molecule has 27 heavy (non-hydrogen) atoms. The number of aryl methyl sites for hydroxylation is 1. The first kappa shape index (κ1) is 20.4. The molecule has 9 nitrogen and oxygen atoms in total. The van der Waals surface area contributed by atoms with Crippen LogP contribution >= 0.6 is 0 Å². The number of ether oxygens (including phenoxy) is 2. The Balaban J connectivity index is 2.13. The molecule has 1 heterocycles. The highest BCUT2D eigenvalue weighted by Gasteiger charge is 2.26. The van der Waals surface area contributed by atoms with Gasteiger partial charge < -0.3 is 19.9 Å². The van der Waals surface area contributed by atoms with Crippen LogP contribution in [0, 0.1) is 12.8 Å². The predicted molar refractivity (Wildman–Crippen MR) is 97.2 cm³/mol. The minimum Gasteiger partial charge on any atom is -0.491 e. The number of rotatable bonds is 9.